The molecule has 2 rings (SSSR count). The van der Waals surface area contributed by atoms with E-state index in [1.807, 2.05) is 24.3 Å². The zero-order valence-electron chi connectivity index (χ0n) is 10.2. The fourth-order valence-electron chi connectivity index (χ4n) is 1.63. The highest BCUT2D eigenvalue weighted by Gasteiger charge is 1.98. The first-order valence-corrected chi connectivity index (χ1v) is 5.85. The average Bonchev–Trinajstić information content (AvgIpc) is 2.45. The van der Waals surface area contributed by atoms with Crippen LogP contribution in [0.1, 0.15) is 23.7 Å². The van der Waals surface area contributed by atoms with Gasteiger partial charge in [-0.05, 0) is 24.1 Å². The Hall–Kier alpha value is -2.41. The van der Waals surface area contributed by atoms with Crippen molar-refractivity contribution in [2.24, 2.45) is 0 Å². The lowest BCUT2D eigenvalue weighted by Gasteiger charge is -2.06. The quantitative estimate of drug-likeness (QED) is 0.889. The molecule has 0 radical (unpaired) electrons. The first-order chi connectivity index (χ1) is 8.81. The molecular weight excluding hydrogens is 224 g/mol. The van der Waals surface area contributed by atoms with Crippen molar-refractivity contribution in [1.82, 2.24) is 9.97 Å². The number of nitriles is 1. The minimum atomic E-state index is 0.648. The molecule has 2 aromatic rings. The Morgan fingerprint density at radius 3 is 2.94 bits per heavy atom. The number of rotatable bonds is 4. The molecule has 4 heteroatoms. The summed E-state index contributed by atoms with van der Waals surface area (Å²) >= 11 is 0. The summed E-state index contributed by atoms with van der Waals surface area (Å²) in [7, 11) is 0. The van der Waals surface area contributed by atoms with Gasteiger partial charge in [-0.25, -0.2) is 9.97 Å². The zero-order chi connectivity index (χ0) is 12.8. The van der Waals surface area contributed by atoms with Crippen molar-refractivity contribution in [2.45, 2.75) is 19.9 Å². The lowest BCUT2D eigenvalue weighted by molar-refractivity contribution is 0.986. The van der Waals surface area contributed by atoms with Gasteiger partial charge in [-0.3, -0.25) is 0 Å². The normalized spacial score (nSPS) is 9.78. The highest BCUT2D eigenvalue weighted by Crippen LogP contribution is 2.09. The summed E-state index contributed by atoms with van der Waals surface area (Å²) in [6.45, 7) is 2.71. The Kier molecular flexibility index (Phi) is 3.87. The van der Waals surface area contributed by atoms with Crippen molar-refractivity contribution >= 4 is 5.82 Å². The van der Waals surface area contributed by atoms with Gasteiger partial charge < -0.3 is 5.32 Å². The van der Waals surface area contributed by atoms with Crippen LogP contribution in [0.2, 0.25) is 0 Å². The van der Waals surface area contributed by atoms with E-state index < -0.39 is 0 Å². The van der Waals surface area contributed by atoms with E-state index in [0.717, 1.165) is 23.5 Å². The summed E-state index contributed by atoms with van der Waals surface area (Å²) in [5.41, 5.74) is 2.75. The van der Waals surface area contributed by atoms with E-state index in [1.165, 1.54) is 0 Å². The number of anilines is 1. The highest BCUT2D eigenvalue weighted by molar-refractivity contribution is 5.38. The van der Waals surface area contributed by atoms with Crippen LogP contribution in [0.5, 0.6) is 0 Å². The summed E-state index contributed by atoms with van der Waals surface area (Å²) in [6.07, 6.45) is 2.45. The molecule has 0 atom stereocenters. The number of nitrogens with one attached hydrogen (secondary N) is 1. The fraction of sp³-hybridized carbons (Fsp3) is 0.214. The molecule has 0 fully saturated rings. The Morgan fingerprint density at radius 1 is 1.28 bits per heavy atom. The molecule has 0 aliphatic carbocycles. The van der Waals surface area contributed by atoms with Crippen LogP contribution in [-0.2, 0) is 13.0 Å². The number of nitrogens with zero attached hydrogens (tertiary/aromatic N) is 3. The summed E-state index contributed by atoms with van der Waals surface area (Å²) in [5, 5.41) is 12.1. The summed E-state index contributed by atoms with van der Waals surface area (Å²) < 4.78 is 0. The van der Waals surface area contributed by atoms with Crippen LogP contribution in [0.25, 0.3) is 0 Å². The molecule has 0 saturated carbocycles. The lowest BCUT2D eigenvalue weighted by atomic mass is 10.1. The molecule has 0 unspecified atom stereocenters. The summed E-state index contributed by atoms with van der Waals surface area (Å²) in [6, 6.07) is 11.6. The molecule has 1 heterocycles. The van der Waals surface area contributed by atoms with Gasteiger partial charge in [0.15, 0.2) is 0 Å². The molecule has 0 aliphatic rings. The van der Waals surface area contributed by atoms with Crippen molar-refractivity contribution < 1.29 is 0 Å². The minimum absolute atomic E-state index is 0.648. The second-order valence-corrected chi connectivity index (χ2v) is 3.91. The largest absolute Gasteiger partial charge is 0.366 e. The maximum atomic E-state index is 8.82. The molecule has 18 heavy (non-hydrogen) atoms. The fourth-order valence-corrected chi connectivity index (χ4v) is 1.63. The number of hydrogen-bond acceptors (Lipinski definition) is 4. The monoisotopic (exact) mass is 238 g/mol. The third-order valence-corrected chi connectivity index (χ3v) is 2.62. The molecule has 0 saturated heterocycles. The average molecular weight is 238 g/mol. The smallest absolute Gasteiger partial charge is 0.129 e. The van der Waals surface area contributed by atoms with E-state index in [9.17, 15) is 0 Å². The summed E-state index contributed by atoms with van der Waals surface area (Å²) in [4.78, 5) is 8.30. The van der Waals surface area contributed by atoms with Crippen LogP contribution in [0.3, 0.4) is 0 Å². The van der Waals surface area contributed by atoms with Gasteiger partial charge in [0.2, 0.25) is 0 Å². The van der Waals surface area contributed by atoms with Crippen LogP contribution in [-0.4, -0.2) is 9.97 Å². The van der Waals surface area contributed by atoms with E-state index in [4.69, 9.17) is 5.26 Å². The molecule has 0 bridgehead atoms. The Balaban J connectivity index is 2.04. The van der Waals surface area contributed by atoms with Gasteiger partial charge in [0.05, 0.1) is 11.6 Å². The second kappa shape index (κ2) is 5.78. The maximum Gasteiger partial charge on any atom is 0.129 e. The highest BCUT2D eigenvalue weighted by atomic mass is 15.0. The van der Waals surface area contributed by atoms with E-state index in [-0.39, 0.29) is 0 Å². The van der Waals surface area contributed by atoms with Crippen molar-refractivity contribution in [3.8, 4) is 6.07 Å². The minimum Gasteiger partial charge on any atom is -0.366 e. The Bertz CT molecular complexity index is 572. The molecule has 4 nitrogen and oxygen atoms in total. The number of aromatic nitrogens is 2. The molecule has 90 valence electrons. The van der Waals surface area contributed by atoms with Crippen LogP contribution in [0.4, 0.5) is 5.82 Å². The first-order valence-electron chi connectivity index (χ1n) is 5.85. The van der Waals surface area contributed by atoms with Crippen LogP contribution in [0, 0.1) is 11.3 Å². The standard InChI is InChI=1S/C14H14N4/c1-2-13-7-14(18-10-17-13)16-9-12-5-3-4-11(6-12)8-15/h3-7,10H,2,9H2,1H3,(H,16,17,18). The number of benzene rings is 1. The molecule has 0 amide bonds. The van der Waals surface area contributed by atoms with Crippen molar-refractivity contribution in [2.75, 3.05) is 5.32 Å². The third-order valence-electron chi connectivity index (χ3n) is 2.62. The Labute approximate surface area is 106 Å². The molecular formula is C14H14N4. The predicted molar refractivity (Wildman–Crippen MR) is 69.9 cm³/mol. The SMILES string of the molecule is CCc1cc(NCc2cccc(C#N)c2)ncn1. The number of hydrogen-bond donors (Lipinski definition) is 1. The first kappa shape index (κ1) is 12.1. The van der Waals surface area contributed by atoms with E-state index >= 15 is 0 Å². The van der Waals surface area contributed by atoms with Gasteiger partial charge in [0, 0.05) is 18.3 Å². The van der Waals surface area contributed by atoms with Gasteiger partial charge >= 0.3 is 0 Å². The molecule has 1 N–H and O–H groups in total. The van der Waals surface area contributed by atoms with Crippen LogP contribution in [0.15, 0.2) is 36.7 Å². The van der Waals surface area contributed by atoms with Gasteiger partial charge in [-0.15, -0.1) is 0 Å². The van der Waals surface area contributed by atoms with Gasteiger partial charge in [0.25, 0.3) is 0 Å². The molecule has 0 spiro atoms. The van der Waals surface area contributed by atoms with Gasteiger partial charge in [-0.1, -0.05) is 19.1 Å². The van der Waals surface area contributed by atoms with E-state index in [2.05, 4.69) is 28.3 Å². The lowest BCUT2D eigenvalue weighted by Crippen LogP contribution is -2.02. The maximum absolute atomic E-state index is 8.82. The molecule has 1 aromatic heterocycles. The van der Waals surface area contributed by atoms with Crippen LogP contribution < -0.4 is 5.32 Å². The Morgan fingerprint density at radius 2 is 2.17 bits per heavy atom. The molecule has 1 aromatic carbocycles. The van der Waals surface area contributed by atoms with Crippen molar-refractivity contribution in [3.63, 3.8) is 0 Å². The van der Waals surface area contributed by atoms with Crippen LogP contribution >= 0.6 is 0 Å². The topological polar surface area (TPSA) is 61.6 Å². The number of aryl methyl sites for hydroxylation is 1. The van der Waals surface area contributed by atoms with Crippen molar-refractivity contribution in [3.05, 3.63) is 53.5 Å². The summed E-state index contributed by atoms with van der Waals surface area (Å²) in [5.74, 6) is 0.809. The molecule has 0 aliphatic heterocycles. The second-order valence-electron chi connectivity index (χ2n) is 3.91. The van der Waals surface area contributed by atoms with E-state index in [1.54, 1.807) is 12.4 Å². The predicted octanol–water partition coefficient (Wildman–Crippen LogP) is 2.52. The third kappa shape index (κ3) is 3.05. The van der Waals surface area contributed by atoms with Gasteiger partial charge in [-0.2, -0.15) is 5.26 Å². The van der Waals surface area contributed by atoms with Gasteiger partial charge in [0.1, 0.15) is 12.1 Å². The zero-order valence-corrected chi connectivity index (χ0v) is 10.2. The van der Waals surface area contributed by atoms with E-state index in [0.29, 0.717) is 12.1 Å². The van der Waals surface area contributed by atoms with Crippen molar-refractivity contribution in [1.29, 1.82) is 5.26 Å².